The lowest BCUT2D eigenvalue weighted by Crippen LogP contribution is -2.48. The van der Waals surface area contributed by atoms with Gasteiger partial charge in [0.2, 0.25) is 22.0 Å². The number of ether oxygens (including phenoxy) is 1. The maximum atomic E-state index is 14.6. The molecule has 5 aromatic carbocycles. The molecule has 0 radical (unpaired) electrons. The number of Topliss-reactive ketones (excluding diaryl/α,β-unsaturated/α-hetero) is 1. The van der Waals surface area contributed by atoms with Crippen molar-refractivity contribution in [2.45, 2.75) is 136 Å². The molecule has 6 aromatic rings. The third-order valence-electron chi connectivity index (χ3n) is 14.2. The van der Waals surface area contributed by atoms with E-state index in [4.69, 9.17) is 25.7 Å². The lowest BCUT2D eigenvalue weighted by molar-refractivity contribution is -0.142. The van der Waals surface area contributed by atoms with Gasteiger partial charge in [-0.3, -0.25) is 23.9 Å². The summed E-state index contributed by atoms with van der Waals surface area (Å²) in [5.41, 5.74) is 4.14. The van der Waals surface area contributed by atoms with E-state index < -0.39 is 49.3 Å². The number of oxazole rings is 1. The molecule has 75 heavy (non-hydrogen) atoms. The molecule has 1 aliphatic rings. The highest BCUT2D eigenvalue weighted by molar-refractivity contribution is 7.93. The van der Waals surface area contributed by atoms with Gasteiger partial charge in [0.15, 0.2) is 11.4 Å². The van der Waals surface area contributed by atoms with E-state index in [1.54, 1.807) is 69.3 Å². The number of halogens is 1. The van der Waals surface area contributed by atoms with Gasteiger partial charge in [0.05, 0.1) is 33.2 Å². The highest BCUT2D eigenvalue weighted by Gasteiger charge is 2.41. The summed E-state index contributed by atoms with van der Waals surface area (Å²) in [7, 11) is -8.04. The summed E-state index contributed by atoms with van der Waals surface area (Å²) in [6.45, 7) is 19.7. The molecular formula is C57H65ClN6O9S2. The molecule has 15 nitrogen and oxygen atoms in total. The molecule has 1 fully saturated rings. The first-order chi connectivity index (χ1) is 35.1. The number of hydrogen-bond donors (Lipinski definition) is 3. The molecule has 0 saturated heterocycles. The van der Waals surface area contributed by atoms with Gasteiger partial charge >= 0.3 is 6.09 Å². The molecule has 0 bridgehead atoms. The summed E-state index contributed by atoms with van der Waals surface area (Å²) < 4.78 is 69.3. The fourth-order valence-electron chi connectivity index (χ4n) is 9.00. The summed E-state index contributed by atoms with van der Waals surface area (Å²) >= 11 is 6.57. The van der Waals surface area contributed by atoms with Crippen molar-refractivity contribution in [2.24, 2.45) is 5.41 Å². The second-order valence-electron chi connectivity index (χ2n) is 21.6. The standard InChI is InChI=1S/C57H65ClN6O9S2/c1-12-56(7,8)37-30-43(57(9,10)13-2)49-47(31-37)61-53(72-49)36(33-59)29-35-22-24-40(28-34(35)3)64(39-18-14-15-19-39)54(67)73-50(51(65)55(4,5)6)52(66)60-46-32-38(23-25-44(46)58)62-75(70,71)48-27-26-45(63-74(11,68)69)41-20-16-17-21-42(41)48/h16-17,20-32,39,50,62-63H,12-15,18-19H2,1-11H3,(H,60,66). The fourth-order valence-corrected chi connectivity index (χ4v) is 11.0. The SMILES string of the molecule is CCC(C)(C)c1cc(C(C)(C)CC)c2oc(C(C#N)=Cc3ccc(N(C(=O)OC(C(=O)Nc4cc(NS(=O)(=O)c5ccc(NS(C)(=O)=O)c6ccccc56)ccc4Cl)C(=O)C(C)(C)C)C4CCCC4)cc3C)nc2c1. The maximum Gasteiger partial charge on any atom is 0.415 e. The van der Waals surface area contributed by atoms with Crippen molar-refractivity contribution in [1.29, 1.82) is 5.26 Å². The number of rotatable bonds is 17. The van der Waals surface area contributed by atoms with Crippen molar-refractivity contribution in [3.63, 3.8) is 0 Å². The van der Waals surface area contributed by atoms with Crippen LogP contribution in [0.3, 0.4) is 0 Å². The lowest BCUT2D eigenvalue weighted by Gasteiger charge is -2.31. The van der Waals surface area contributed by atoms with E-state index in [9.17, 15) is 36.5 Å². The Balaban J connectivity index is 1.16. The Morgan fingerprint density at radius 1 is 0.867 bits per heavy atom. The van der Waals surface area contributed by atoms with Crippen LogP contribution in [0, 0.1) is 23.7 Å². The van der Waals surface area contributed by atoms with Crippen LogP contribution < -0.4 is 19.7 Å². The number of benzene rings is 5. The molecule has 0 spiro atoms. The number of aromatic nitrogens is 1. The highest BCUT2D eigenvalue weighted by Crippen LogP contribution is 2.40. The van der Waals surface area contributed by atoms with Gasteiger partial charge in [-0.05, 0) is 115 Å². The second kappa shape index (κ2) is 21.5. The Hall–Kier alpha value is -6.74. The number of carbonyl (C=O) groups excluding carboxylic acids is 3. The van der Waals surface area contributed by atoms with E-state index in [0.717, 1.165) is 43.1 Å². The average molecular weight is 1080 g/mol. The molecule has 396 valence electrons. The van der Waals surface area contributed by atoms with E-state index in [1.165, 1.54) is 35.2 Å². The van der Waals surface area contributed by atoms with Crippen LogP contribution in [0.15, 0.2) is 94.2 Å². The molecule has 1 heterocycles. The summed E-state index contributed by atoms with van der Waals surface area (Å²) in [5.74, 6) is -1.53. The van der Waals surface area contributed by atoms with Crippen molar-refractivity contribution < 1.29 is 40.4 Å². The zero-order valence-electron chi connectivity index (χ0n) is 44.3. The number of amides is 2. The van der Waals surface area contributed by atoms with Crippen molar-refractivity contribution >= 4 is 106 Å². The zero-order valence-corrected chi connectivity index (χ0v) is 46.7. The molecule has 7 rings (SSSR count). The van der Waals surface area contributed by atoms with Crippen LogP contribution in [0.25, 0.3) is 33.5 Å². The molecule has 1 saturated carbocycles. The van der Waals surface area contributed by atoms with E-state index in [-0.39, 0.29) is 60.7 Å². The number of fused-ring (bicyclic) bond motifs is 2. The van der Waals surface area contributed by atoms with Crippen LogP contribution in [0.4, 0.5) is 27.5 Å². The minimum absolute atomic E-state index is 0.00978. The van der Waals surface area contributed by atoms with Gasteiger partial charge in [0.25, 0.3) is 15.9 Å². The third kappa shape index (κ3) is 12.4. The Labute approximate surface area is 445 Å². The minimum Gasteiger partial charge on any atom is -0.435 e. The summed E-state index contributed by atoms with van der Waals surface area (Å²) in [4.78, 5) is 49.2. The molecule has 1 atom stereocenters. The molecule has 1 aromatic heterocycles. The number of anilines is 4. The van der Waals surface area contributed by atoms with Crippen LogP contribution >= 0.6 is 11.6 Å². The Morgan fingerprint density at radius 3 is 2.15 bits per heavy atom. The van der Waals surface area contributed by atoms with Crippen LogP contribution in [0.1, 0.15) is 129 Å². The topological polar surface area (TPSA) is 218 Å². The number of sulfonamides is 2. The predicted octanol–water partition coefficient (Wildman–Crippen LogP) is 13.1. The quantitative estimate of drug-likeness (QED) is 0.0576. The number of allylic oxidation sites excluding steroid dienone is 1. The number of hydrogen-bond acceptors (Lipinski definition) is 11. The molecular weight excluding hydrogens is 1010 g/mol. The molecule has 1 unspecified atom stereocenters. The molecule has 0 aliphatic heterocycles. The summed E-state index contributed by atoms with van der Waals surface area (Å²) in [6.07, 6.45) is 4.53. The van der Waals surface area contributed by atoms with Gasteiger partial charge in [-0.25, -0.2) is 26.6 Å². The van der Waals surface area contributed by atoms with Gasteiger partial charge in [-0.2, -0.15) is 5.26 Å². The van der Waals surface area contributed by atoms with Crippen LogP contribution in [-0.4, -0.2) is 58.0 Å². The van der Waals surface area contributed by atoms with Crippen LogP contribution in [0.5, 0.6) is 0 Å². The first kappa shape index (κ1) is 56.0. The zero-order chi connectivity index (χ0) is 55.0. The van der Waals surface area contributed by atoms with Gasteiger partial charge in [0.1, 0.15) is 17.2 Å². The van der Waals surface area contributed by atoms with Crippen molar-refractivity contribution in [3.8, 4) is 6.07 Å². The Bertz CT molecular complexity index is 3530. The number of aryl methyl sites for hydroxylation is 1. The predicted molar refractivity (Wildman–Crippen MR) is 298 cm³/mol. The van der Waals surface area contributed by atoms with Gasteiger partial charge in [-0.1, -0.05) is 123 Å². The molecule has 1 aliphatic carbocycles. The number of ketones is 1. The highest BCUT2D eigenvalue weighted by atomic mass is 35.5. The summed E-state index contributed by atoms with van der Waals surface area (Å²) in [5, 5.41) is 13.7. The average Bonchev–Trinajstić information content (AvgIpc) is 4.04. The number of nitriles is 1. The first-order valence-electron chi connectivity index (χ1n) is 24.9. The smallest absolute Gasteiger partial charge is 0.415 e. The van der Waals surface area contributed by atoms with Crippen LogP contribution in [-0.2, 0) is 45.2 Å². The van der Waals surface area contributed by atoms with E-state index in [2.05, 4.69) is 68.4 Å². The third-order valence-corrected chi connectivity index (χ3v) is 16.6. The minimum atomic E-state index is -4.35. The molecule has 18 heteroatoms. The number of carbonyl (C=O) groups is 3. The van der Waals surface area contributed by atoms with Crippen molar-refractivity contribution in [3.05, 3.63) is 118 Å². The maximum absolute atomic E-state index is 14.6. The van der Waals surface area contributed by atoms with E-state index >= 15 is 0 Å². The van der Waals surface area contributed by atoms with E-state index in [1.807, 2.05) is 13.0 Å². The first-order valence-corrected chi connectivity index (χ1v) is 28.7. The molecule has 3 N–H and O–H groups in total. The fraction of sp³-hybridized carbons (Fsp3) is 0.386. The molecule has 2 amide bonds. The number of nitrogens with one attached hydrogen (secondary N) is 3. The largest absolute Gasteiger partial charge is 0.435 e. The normalized spacial score (nSPS) is 14.4. The van der Waals surface area contributed by atoms with Gasteiger partial charge in [-0.15, -0.1) is 0 Å². The van der Waals surface area contributed by atoms with Crippen LogP contribution in [0.2, 0.25) is 5.02 Å². The lowest BCUT2D eigenvalue weighted by atomic mass is 9.76. The Kier molecular flexibility index (Phi) is 16.0. The van der Waals surface area contributed by atoms with Crippen molar-refractivity contribution in [2.75, 3.05) is 25.9 Å². The van der Waals surface area contributed by atoms with Crippen molar-refractivity contribution in [1.82, 2.24) is 4.98 Å². The van der Waals surface area contributed by atoms with Gasteiger partial charge < -0.3 is 14.5 Å². The number of nitrogens with zero attached hydrogens (tertiary/aromatic N) is 3. The van der Waals surface area contributed by atoms with Gasteiger partial charge in [0, 0.05) is 33.5 Å². The Morgan fingerprint density at radius 2 is 1.53 bits per heavy atom. The van der Waals surface area contributed by atoms with E-state index in [0.29, 0.717) is 46.1 Å². The monoisotopic (exact) mass is 1080 g/mol. The summed E-state index contributed by atoms with van der Waals surface area (Å²) in [6, 6.07) is 24.5. The second-order valence-corrected chi connectivity index (χ2v) is 25.4.